The number of Topliss-reactive ketones (excluding diaryl/α,β-unsaturated/α-hetero) is 1. The minimum atomic E-state index is -0.0882. The Labute approximate surface area is 109 Å². The predicted molar refractivity (Wildman–Crippen MR) is 70.2 cm³/mol. The number of nitrogens with zero attached hydrogens (tertiary/aromatic N) is 1. The van der Waals surface area contributed by atoms with E-state index in [0.29, 0.717) is 13.0 Å². The van der Waals surface area contributed by atoms with Gasteiger partial charge in [0.2, 0.25) is 5.91 Å². The average molecular weight is 296 g/mol. The second-order valence-corrected chi connectivity index (χ2v) is 5.31. The maximum atomic E-state index is 11.9. The highest BCUT2D eigenvalue weighted by molar-refractivity contribution is 9.10. The maximum Gasteiger partial charge on any atom is 0.234 e. The summed E-state index contributed by atoms with van der Waals surface area (Å²) in [5, 5.41) is 0. The second kappa shape index (κ2) is 4.61. The van der Waals surface area contributed by atoms with Gasteiger partial charge < -0.3 is 4.90 Å². The minimum absolute atomic E-state index is 0.0367. The molecule has 0 radical (unpaired) electrons. The topological polar surface area (TPSA) is 37.4 Å². The van der Waals surface area contributed by atoms with Gasteiger partial charge in [-0.25, -0.2) is 0 Å². The van der Waals surface area contributed by atoms with Crippen LogP contribution < -0.4 is 4.90 Å². The first-order valence-corrected chi connectivity index (χ1v) is 6.37. The van der Waals surface area contributed by atoms with E-state index in [1.54, 1.807) is 4.90 Å². The predicted octanol–water partition coefficient (Wildman–Crippen LogP) is 2.76. The largest absolute Gasteiger partial charge is 0.311 e. The molecular weight excluding hydrogens is 282 g/mol. The first kappa shape index (κ1) is 12.3. The van der Waals surface area contributed by atoms with Crippen molar-refractivity contribution in [2.45, 2.75) is 26.7 Å². The zero-order chi connectivity index (χ0) is 12.6. The maximum absolute atomic E-state index is 11.9. The van der Waals surface area contributed by atoms with Gasteiger partial charge in [-0.2, -0.15) is 0 Å². The molecule has 1 fully saturated rings. The standard InChI is InChI=1S/C13H14BrNO2/c1-8-5-10(14)6-9(2)13(8)15-4-3-11(16)7-12(15)17/h5-6H,3-4,7H2,1-2H3. The first-order chi connectivity index (χ1) is 7.99. The summed E-state index contributed by atoms with van der Waals surface area (Å²) in [4.78, 5) is 24.8. The number of ketones is 1. The zero-order valence-corrected chi connectivity index (χ0v) is 11.5. The van der Waals surface area contributed by atoms with Crippen molar-refractivity contribution in [2.24, 2.45) is 0 Å². The normalized spacial score (nSPS) is 16.5. The Morgan fingerprint density at radius 1 is 1.18 bits per heavy atom. The van der Waals surface area contributed by atoms with E-state index in [1.807, 2.05) is 26.0 Å². The molecule has 0 unspecified atom stereocenters. The molecule has 1 aliphatic heterocycles. The van der Waals surface area contributed by atoms with Gasteiger partial charge in [-0.1, -0.05) is 15.9 Å². The van der Waals surface area contributed by atoms with E-state index in [-0.39, 0.29) is 18.1 Å². The quantitative estimate of drug-likeness (QED) is 0.747. The van der Waals surface area contributed by atoms with Gasteiger partial charge in [0, 0.05) is 23.1 Å². The molecule has 90 valence electrons. The molecule has 1 aromatic carbocycles. The number of rotatable bonds is 1. The summed E-state index contributed by atoms with van der Waals surface area (Å²) in [7, 11) is 0. The fourth-order valence-electron chi connectivity index (χ4n) is 2.28. The van der Waals surface area contributed by atoms with Gasteiger partial charge in [-0.15, -0.1) is 0 Å². The van der Waals surface area contributed by atoms with E-state index < -0.39 is 0 Å². The van der Waals surface area contributed by atoms with Gasteiger partial charge in [0.05, 0.1) is 6.42 Å². The third-order valence-corrected chi connectivity index (χ3v) is 3.45. The fraction of sp³-hybridized carbons (Fsp3) is 0.385. The van der Waals surface area contributed by atoms with Crippen LogP contribution in [0.2, 0.25) is 0 Å². The van der Waals surface area contributed by atoms with Crippen molar-refractivity contribution in [2.75, 3.05) is 11.4 Å². The van der Waals surface area contributed by atoms with Crippen LogP contribution in [0.5, 0.6) is 0 Å². The van der Waals surface area contributed by atoms with Crippen molar-refractivity contribution in [3.63, 3.8) is 0 Å². The average Bonchev–Trinajstić information content (AvgIpc) is 2.19. The number of carbonyl (C=O) groups is 2. The Kier molecular flexibility index (Phi) is 3.33. The van der Waals surface area contributed by atoms with E-state index in [0.717, 1.165) is 21.3 Å². The Balaban J connectivity index is 2.40. The molecular formula is C13H14BrNO2. The number of carbonyl (C=O) groups excluding carboxylic acids is 2. The van der Waals surface area contributed by atoms with Crippen LogP contribution in [0.1, 0.15) is 24.0 Å². The van der Waals surface area contributed by atoms with Crippen molar-refractivity contribution in [3.8, 4) is 0 Å². The molecule has 0 spiro atoms. The number of anilines is 1. The van der Waals surface area contributed by atoms with Crippen molar-refractivity contribution in [1.29, 1.82) is 0 Å². The van der Waals surface area contributed by atoms with Crippen LogP contribution in [0.15, 0.2) is 16.6 Å². The number of piperidine rings is 1. The SMILES string of the molecule is Cc1cc(Br)cc(C)c1N1CCC(=O)CC1=O. The minimum Gasteiger partial charge on any atom is -0.311 e. The highest BCUT2D eigenvalue weighted by atomic mass is 79.9. The summed E-state index contributed by atoms with van der Waals surface area (Å²) in [6, 6.07) is 3.98. The highest BCUT2D eigenvalue weighted by Gasteiger charge is 2.26. The van der Waals surface area contributed by atoms with Crippen molar-refractivity contribution >= 4 is 33.3 Å². The van der Waals surface area contributed by atoms with E-state index in [1.165, 1.54) is 0 Å². The zero-order valence-electron chi connectivity index (χ0n) is 9.92. The first-order valence-electron chi connectivity index (χ1n) is 5.58. The molecule has 17 heavy (non-hydrogen) atoms. The summed E-state index contributed by atoms with van der Waals surface area (Å²) in [5.41, 5.74) is 3.06. The number of halogens is 1. The summed E-state index contributed by atoms with van der Waals surface area (Å²) < 4.78 is 1.01. The number of hydrogen-bond acceptors (Lipinski definition) is 2. The third-order valence-electron chi connectivity index (χ3n) is 2.99. The molecule has 1 heterocycles. The van der Waals surface area contributed by atoms with Crippen molar-refractivity contribution in [3.05, 3.63) is 27.7 Å². The lowest BCUT2D eigenvalue weighted by Crippen LogP contribution is -2.39. The van der Waals surface area contributed by atoms with Gasteiger partial charge >= 0.3 is 0 Å². The Morgan fingerprint density at radius 2 is 1.76 bits per heavy atom. The van der Waals surface area contributed by atoms with Crippen LogP contribution in [-0.4, -0.2) is 18.2 Å². The van der Waals surface area contributed by atoms with Crippen LogP contribution in [0.4, 0.5) is 5.69 Å². The van der Waals surface area contributed by atoms with Gasteiger partial charge in [-0.3, -0.25) is 9.59 Å². The van der Waals surface area contributed by atoms with Gasteiger partial charge in [0.25, 0.3) is 0 Å². The van der Waals surface area contributed by atoms with Crippen molar-refractivity contribution in [1.82, 2.24) is 0 Å². The molecule has 0 aliphatic carbocycles. The Bertz CT molecular complexity index is 473. The molecule has 0 bridgehead atoms. The molecule has 1 aliphatic rings. The van der Waals surface area contributed by atoms with Crippen LogP contribution >= 0.6 is 15.9 Å². The summed E-state index contributed by atoms with van der Waals surface area (Å²) >= 11 is 3.44. The van der Waals surface area contributed by atoms with Crippen LogP contribution in [0.3, 0.4) is 0 Å². The van der Waals surface area contributed by atoms with E-state index in [9.17, 15) is 9.59 Å². The molecule has 0 N–H and O–H groups in total. The van der Waals surface area contributed by atoms with Crippen LogP contribution in [0.25, 0.3) is 0 Å². The molecule has 0 atom stereocenters. The molecule has 3 nitrogen and oxygen atoms in total. The molecule has 4 heteroatoms. The third kappa shape index (κ3) is 2.41. The molecule has 1 aromatic rings. The molecule has 0 aromatic heterocycles. The fourth-order valence-corrected chi connectivity index (χ4v) is 2.97. The molecule has 1 saturated heterocycles. The van der Waals surface area contributed by atoms with E-state index in [4.69, 9.17) is 0 Å². The Hall–Kier alpha value is -1.16. The van der Waals surface area contributed by atoms with E-state index in [2.05, 4.69) is 15.9 Å². The van der Waals surface area contributed by atoms with Crippen LogP contribution in [0, 0.1) is 13.8 Å². The van der Waals surface area contributed by atoms with Crippen LogP contribution in [-0.2, 0) is 9.59 Å². The highest BCUT2D eigenvalue weighted by Crippen LogP contribution is 2.30. The summed E-state index contributed by atoms with van der Waals surface area (Å²) in [5.74, 6) is -0.0477. The second-order valence-electron chi connectivity index (χ2n) is 4.40. The molecule has 1 amide bonds. The number of amides is 1. The summed E-state index contributed by atoms with van der Waals surface area (Å²) in [6.07, 6.45) is 0.496. The number of aryl methyl sites for hydroxylation is 2. The van der Waals surface area contributed by atoms with Crippen molar-refractivity contribution < 1.29 is 9.59 Å². The molecule has 2 rings (SSSR count). The monoisotopic (exact) mass is 295 g/mol. The number of hydrogen-bond donors (Lipinski definition) is 0. The van der Waals surface area contributed by atoms with E-state index >= 15 is 0 Å². The lowest BCUT2D eigenvalue weighted by molar-refractivity contribution is -0.128. The smallest absolute Gasteiger partial charge is 0.234 e. The summed E-state index contributed by atoms with van der Waals surface area (Å²) in [6.45, 7) is 4.47. The Morgan fingerprint density at radius 3 is 2.29 bits per heavy atom. The lowest BCUT2D eigenvalue weighted by Gasteiger charge is -2.29. The number of benzene rings is 1. The lowest BCUT2D eigenvalue weighted by atomic mass is 10.0. The van der Waals surface area contributed by atoms with Gasteiger partial charge in [0.15, 0.2) is 0 Å². The molecule has 0 saturated carbocycles. The van der Waals surface area contributed by atoms with Gasteiger partial charge in [-0.05, 0) is 37.1 Å². The van der Waals surface area contributed by atoms with Gasteiger partial charge in [0.1, 0.15) is 5.78 Å².